The Balaban J connectivity index is 2.44. The Morgan fingerprint density at radius 1 is 1.26 bits per heavy atom. The first-order valence-corrected chi connectivity index (χ1v) is 7.61. The average molecular weight is 327 g/mol. The lowest BCUT2D eigenvalue weighted by atomic mass is 9.93. The molecule has 9 nitrogen and oxygen atoms in total. The van der Waals surface area contributed by atoms with Gasteiger partial charge in [0.25, 0.3) is 0 Å². The van der Waals surface area contributed by atoms with Crippen molar-refractivity contribution < 1.29 is 19.2 Å². The highest BCUT2D eigenvalue weighted by atomic mass is 16.5. The topological polar surface area (TPSA) is 143 Å². The van der Waals surface area contributed by atoms with Crippen LogP contribution in [0.15, 0.2) is 4.52 Å². The summed E-state index contributed by atoms with van der Waals surface area (Å²) in [6.07, 6.45) is 2.05. The molecule has 0 radical (unpaired) electrons. The van der Waals surface area contributed by atoms with Crippen molar-refractivity contribution in [2.24, 2.45) is 17.6 Å². The second-order valence-electron chi connectivity index (χ2n) is 5.95. The first-order valence-electron chi connectivity index (χ1n) is 7.61. The number of aliphatic carboxylic acids is 1. The van der Waals surface area contributed by atoms with Crippen molar-refractivity contribution in [1.82, 2.24) is 20.8 Å². The molecule has 1 aromatic heterocycles. The minimum atomic E-state index is -1.12. The normalized spacial score (nSPS) is 13.6. The zero-order valence-corrected chi connectivity index (χ0v) is 13.7. The smallest absolute Gasteiger partial charge is 0.323 e. The Kier molecular flexibility index (Phi) is 7.46. The predicted octanol–water partition coefficient (Wildman–Crippen LogP) is 1.03. The third kappa shape index (κ3) is 7.09. The Labute approximate surface area is 135 Å². The van der Waals surface area contributed by atoms with E-state index in [9.17, 15) is 9.59 Å². The van der Waals surface area contributed by atoms with Crippen molar-refractivity contribution in [3.63, 3.8) is 0 Å². The summed E-state index contributed by atoms with van der Waals surface area (Å²) in [5, 5.41) is 16.9. The molecule has 0 spiro atoms. The number of amides is 2. The largest absolute Gasteiger partial charge is 0.480 e. The van der Waals surface area contributed by atoms with Crippen LogP contribution in [0, 0.1) is 11.8 Å². The maximum atomic E-state index is 11.3. The highest BCUT2D eigenvalue weighted by molar-refractivity contribution is 5.79. The minimum Gasteiger partial charge on any atom is -0.480 e. The van der Waals surface area contributed by atoms with Gasteiger partial charge in [-0.25, -0.2) is 4.79 Å². The Hall–Kier alpha value is -2.16. The summed E-state index contributed by atoms with van der Waals surface area (Å²) in [7, 11) is 0. The van der Waals surface area contributed by atoms with Crippen LogP contribution >= 0.6 is 0 Å². The molecule has 9 heteroatoms. The standard InChI is InChI=1S/C14H25N5O4/c1-8(2)4-5-9(3)12(15)13-18-10(23-19-13)6-16-14(22)17-7-11(20)21/h8-9,12H,4-7,15H2,1-3H3,(H,20,21)(H2,16,17,22)/t9?,12-/m0/s1. The van der Waals surface area contributed by atoms with E-state index in [0.717, 1.165) is 12.8 Å². The van der Waals surface area contributed by atoms with Crippen molar-refractivity contribution in [2.75, 3.05) is 6.54 Å². The summed E-state index contributed by atoms with van der Waals surface area (Å²) < 4.78 is 5.04. The van der Waals surface area contributed by atoms with Crippen molar-refractivity contribution in [3.8, 4) is 0 Å². The quantitative estimate of drug-likeness (QED) is 0.530. The van der Waals surface area contributed by atoms with Crippen LogP contribution < -0.4 is 16.4 Å². The molecule has 0 aromatic carbocycles. The Bertz CT molecular complexity index is 517. The van der Waals surface area contributed by atoms with Crippen LogP contribution in [0.3, 0.4) is 0 Å². The van der Waals surface area contributed by atoms with E-state index in [2.05, 4.69) is 34.6 Å². The lowest BCUT2D eigenvalue weighted by Gasteiger charge is -2.17. The maximum absolute atomic E-state index is 11.3. The van der Waals surface area contributed by atoms with Gasteiger partial charge in [-0.15, -0.1) is 0 Å². The molecule has 5 N–H and O–H groups in total. The summed E-state index contributed by atoms with van der Waals surface area (Å²) in [5.41, 5.74) is 6.13. The number of carbonyl (C=O) groups is 2. The molecule has 23 heavy (non-hydrogen) atoms. The lowest BCUT2D eigenvalue weighted by molar-refractivity contribution is -0.135. The molecule has 1 aromatic rings. The number of nitrogens with one attached hydrogen (secondary N) is 2. The van der Waals surface area contributed by atoms with E-state index in [0.29, 0.717) is 11.7 Å². The average Bonchev–Trinajstić information content (AvgIpc) is 2.96. The van der Waals surface area contributed by atoms with Gasteiger partial charge in [-0.05, 0) is 18.3 Å². The summed E-state index contributed by atoms with van der Waals surface area (Å²) >= 11 is 0. The number of aromatic nitrogens is 2. The van der Waals surface area contributed by atoms with E-state index in [-0.39, 0.29) is 24.4 Å². The maximum Gasteiger partial charge on any atom is 0.323 e. The number of rotatable bonds is 9. The van der Waals surface area contributed by atoms with Crippen LogP contribution in [-0.4, -0.2) is 33.8 Å². The zero-order chi connectivity index (χ0) is 17.4. The van der Waals surface area contributed by atoms with E-state index in [1.54, 1.807) is 0 Å². The first-order chi connectivity index (χ1) is 10.8. The number of carboxylic acid groups (broad SMARTS) is 1. The van der Waals surface area contributed by atoms with Crippen molar-refractivity contribution >= 4 is 12.0 Å². The van der Waals surface area contributed by atoms with E-state index in [1.807, 2.05) is 6.92 Å². The van der Waals surface area contributed by atoms with E-state index in [4.69, 9.17) is 15.4 Å². The first kappa shape index (κ1) is 18.9. The van der Waals surface area contributed by atoms with Gasteiger partial charge in [0.2, 0.25) is 5.89 Å². The molecule has 130 valence electrons. The molecule has 0 aliphatic carbocycles. The number of urea groups is 1. The van der Waals surface area contributed by atoms with Gasteiger partial charge in [0.05, 0.1) is 12.6 Å². The van der Waals surface area contributed by atoms with Crippen LogP contribution in [0.25, 0.3) is 0 Å². The molecule has 0 saturated carbocycles. The molecule has 1 heterocycles. The number of carboxylic acids is 1. The van der Waals surface area contributed by atoms with E-state index < -0.39 is 18.5 Å². The number of nitrogens with two attached hydrogens (primary N) is 1. The SMILES string of the molecule is CC(C)CCC(C)[C@H](N)c1noc(CNC(=O)NCC(=O)O)n1. The molecule has 0 fully saturated rings. The van der Waals surface area contributed by atoms with Gasteiger partial charge in [-0.1, -0.05) is 32.3 Å². The molecule has 0 bridgehead atoms. The zero-order valence-electron chi connectivity index (χ0n) is 13.7. The van der Waals surface area contributed by atoms with Gasteiger partial charge >= 0.3 is 12.0 Å². The second kappa shape index (κ2) is 9.09. The molecule has 1 rings (SSSR count). The number of nitrogens with zero attached hydrogens (tertiary/aromatic N) is 2. The predicted molar refractivity (Wildman–Crippen MR) is 82.3 cm³/mol. The number of carbonyl (C=O) groups excluding carboxylic acids is 1. The highest BCUT2D eigenvalue weighted by Crippen LogP contribution is 2.22. The van der Waals surface area contributed by atoms with Crippen molar-refractivity contribution in [3.05, 3.63) is 11.7 Å². The Morgan fingerprint density at radius 2 is 1.96 bits per heavy atom. The van der Waals surface area contributed by atoms with Gasteiger partial charge in [0, 0.05) is 0 Å². The van der Waals surface area contributed by atoms with Crippen molar-refractivity contribution in [1.29, 1.82) is 0 Å². The highest BCUT2D eigenvalue weighted by Gasteiger charge is 2.21. The fourth-order valence-corrected chi connectivity index (χ4v) is 1.88. The fourth-order valence-electron chi connectivity index (χ4n) is 1.88. The molecule has 2 atom stereocenters. The fraction of sp³-hybridized carbons (Fsp3) is 0.714. The Morgan fingerprint density at radius 3 is 2.57 bits per heavy atom. The molecular weight excluding hydrogens is 302 g/mol. The molecule has 0 aliphatic rings. The lowest BCUT2D eigenvalue weighted by Crippen LogP contribution is -2.38. The third-order valence-corrected chi connectivity index (χ3v) is 3.39. The minimum absolute atomic E-state index is 0.00550. The summed E-state index contributed by atoms with van der Waals surface area (Å²) in [4.78, 5) is 25.8. The van der Waals surface area contributed by atoms with Gasteiger partial charge in [0.15, 0.2) is 5.82 Å². The van der Waals surface area contributed by atoms with E-state index >= 15 is 0 Å². The molecule has 0 saturated heterocycles. The summed E-state index contributed by atoms with van der Waals surface area (Å²) in [5.74, 6) is 0.330. The summed E-state index contributed by atoms with van der Waals surface area (Å²) in [6, 6.07) is -0.950. The third-order valence-electron chi connectivity index (χ3n) is 3.39. The van der Waals surface area contributed by atoms with Gasteiger partial charge in [-0.2, -0.15) is 4.98 Å². The second-order valence-corrected chi connectivity index (χ2v) is 5.95. The molecule has 0 aliphatic heterocycles. The van der Waals surface area contributed by atoms with Crippen LogP contribution in [0.2, 0.25) is 0 Å². The van der Waals surface area contributed by atoms with Gasteiger partial charge in [0.1, 0.15) is 6.54 Å². The molecular formula is C14H25N5O4. The van der Waals surface area contributed by atoms with Crippen LogP contribution in [0.1, 0.15) is 51.4 Å². The number of hydrogen-bond donors (Lipinski definition) is 4. The van der Waals surface area contributed by atoms with Crippen LogP contribution in [0.4, 0.5) is 4.79 Å². The van der Waals surface area contributed by atoms with Crippen molar-refractivity contribution in [2.45, 2.75) is 46.2 Å². The van der Waals surface area contributed by atoms with Gasteiger partial charge < -0.3 is 26.0 Å². The van der Waals surface area contributed by atoms with Crippen LogP contribution in [0.5, 0.6) is 0 Å². The van der Waals surface area contributed by atoms with Crippen LogP contribution in [-0.2, 0) is 11.3 Å². The van der Waals surface area contributed by atoms with Gasteiger partial charge in [-0.3, -0.25) is 4.79 Å². The summed E-state index contributed by atoms with van der Waals surface area (Å²) in [6.45, 7) is 5.91. The monoisotopic (exact) mass is 327 g/mol. The molecule has 1 unspecified atom stereocenters. The number of hydrogen-bond acceptors (Lipinski definition) is 6. The molecule has 2 amide bonds. The van der Waals surface area contributed by atoms with E-state index in [1.165, 1.54) is 0 Å².